The molecule has 0 aliphatic carbocycles. The van der Waals surface area contributed by atoms with Crippen LogP contribution in [0.3, 0.4) is 0 Å². The molecular weight excluding hydrogens is 220 g/mol. The van der Waals surface area contributed by atoms with E-state index in [0.29, 0.717) is 0 Å². The zero-order valence-electron chi connectivity index (χ0n) is 11.8. The van der Waals surface area contributed by atoms with Gasteiger partial charge in [-0.3, -0.25) is 0 Å². The van der Waals surface area contributed by atoms with Gasteiger partial charge in [0.05, 0.1) is 0 Å². The molecule has 1 aliphatic heterocycles. The Morgan fingerprint density at radius 3 is 2.78 bits per heavy atom. The van der Waals surface area contributed by atoms with Crippen LogP contribution in [0.25, 0.3) is 0 Å². The third-order valence-electron chi connectivity index (χ3n) is 4.05. The summed E-state index contributed by atoms with van der Waals surface area (Å²) in [5.74, 6) is 0.910. The first kappa shape index (κ1) is 13.4. The summed E-state index contributed by atoms with van der Waals surface area (Å²) in [5.41, 5.74) is 4.19. The maximum atomic E-state index is 3.66. The van der Waals surface area contributed by atoms with Crippen molar-refractivity contribution >= 4 is 5.69 Å². The summed E-state index contributed by atoms with van der Waals surface area (Å²) in [6.45, 7) is 7.95. The van der Waals surface area contributed by atoms with Crippen molar-refractivity contribution in [2.24, 2.45) is 5.92 Å². The second-order valence-corrected chi connectivity index (χ2v) is 5.37. The molecule has 1 heterocycles. The summed E-state index contributed by atoms with van der Waals surface area (Å²) in [6, 6.07) is 6.60. The SMILES string of the molecule is CCc1cccc(C)c1NCCC1CCNCC1. The van der Waals surface area contributed by atoms with E-state index in [-0.39, 0.29) is 0 Å². The zero-order valence-corrected chi connectivity index (χ0v) is 11.8. The molecule has 100 valence electrons. The van der Waals surface area contributed by atoms with Crippen molar-refractivity contribution in [1.29, 1.82) is 0 Å². The lowest BCUT2D eigenvalue weighted by Gasteiger charge is -2.23. The molecule has 1 aromatic carbocycles. The minimum atomic E-state index is 0.910. The Kier molecular flexibility index (Phi) is 5.06. The van der Waals surface area contributed by atoms with Crippen molar-refractivity contribution in [3.05, 3.63) is 29.3 Å². The first-order chi connectivity index (χ1) is 8.81. The molecule has 2 N–H and O–H groups in total. The summed E-state index contributed by atoms with van der Waals surface area (Å²) in [5, 5.41) is 7.09. The molecule has 0 radical (unpaired) electrons. The average Bonchev–Trinajstić information content (AvgIpc) is 2.41. The van der Waals surface area contributed by atoms with Gasteiger partial charge < -0.3 is 10.6 Å². The summed E-state index contributed by atoms with van der Waals surface area (Å²) in [7, 11) is 0. The van der Waals surface area contributed by atoms with Gasteiger partial charge in [-0.05, 0) is 62.7 Å². The molecule has 0 aromatic heterocycles. The normalized spacial score (nSPS) is 16.8. The molecule has 2 nitrogen and oxygen atoms in total. The van der Waals surface area contributed by atoms with E-state index in [2.05, 4.69) is 42.7 Å². The van der Waals surface area contributed by atoms with Gasteiger partial charge in [0, 0.05) is 12.2 Å². The van der Waals surface area contributed by atoms with Crippen molar-refractivity contribution in [2.75, 3.05) is 25.0 Å². The van der Waals surface area contributed by atoms with Crippen LogP contribution in [-0.4, -0.2) is 19.6 Å². The largest absolute Gasteiger partial charge is 0.385 e. The van der Waals surface area contributed by atoms with Gasteiger partial charge in [-0.1, -0.05) is 25.1 Å². The lowest BCUT2D eigenvalue weighted by Crippen LogP contribution is -2.28. The minimum Gasteiger partial charge on any atom is -0.385 e. The van der Waals surface area contributed by atoms with Gasteiger partial charge in [0.1, 0.15) is 0 Å². The van der Waals surface area contributed by atoms with Crippen LogP contribution in [0.5, 0.6) is 0 Å². The van der Waals surface area contributed by atoms with E-state index in [1.54, 1.807) is 0 Å². The molecule has 1 fully saturated rings. The molecular formula is C16H26N2. The van der Waals surface area contributed by atoms with Gasteiger partial charge in [-0.15, -0.1) is 0 Å². The van der Waals surface area contributed by atoms with E-state index >= 15 is 0 Å². The number of aryl methyl sites for hydroxylation is 2. The maximum absolute atomic E-state index is 3.66. The third kappa shape index (κ3) is 3.49. The molecule has 0 atom stereocenters. The molecule has 1 aromatic rings. The standard InChI is InChI=1S/C16H26N2/c1-3-15-6-4-5-13(2)16(15)18-12-9-14-7-10-17-11-8-14/h4-6,14,17-18H,3,7-12H2,1-2H3. The van der Waals surface area contributed by atoms with E-state index in [1.165, 1.54) is 49.2 Å². The van der Waals surface area contributed by atoms with Gasteiger partial charge in [0.25, 0.3) is 0 Å². The van der Waals surface area contributed by atoms with Crippen molar-refractivity contribution < 1.29 is 0 Å². The lowest BCUT2D eigenvalue weighted by molar-refractivity contribution is 0.361. The fraction of sp³-hybridized carbons (Fsp3) is 0.625. The summed E-state index contributed by atoms with van der Waals surface area (Å²) < 4.78 is 0. The molecule has 0 bridgehead atoms. The predicted molar refractivity (Wildman–Crippen MR) is 79.3 cm³/mol. The third-order valence-corrected chi connectivity index (χ3v) is 4.05. The molecule has 1 aliphatic rings. The van der Waals surface area contributed by atoms with Crippen LogP contribution in [0.1, 0.15) is 37.3 Å². The van der Waals surface area contributed by atoms with Gasteiger partial charge in [0.2, 0.25) is 0 Å². The molecule has 0 spiro atoms. The predicted octanol–water partition coefficient (Wildman–Crippen LogP) is 3.36. The Morgan fingerprint density at radius 1 is 1.28 bits per heavy atom. The van der Waals surface area contributed by atoms with Crippen LogP contribution in [0.2, 0.25) is 0 Å². The van der Waals surface area contributed by atoms with E-state index in [4.69, 9.17) is 0 Å². The first-order valence-corrected chi connectivity index (χ1v) is 7.34. The maximum Gasteiger partial charge on any atom is 0.0402 e. The van der Waals surface area contributed by atoms with Crippen molar-refractivity contribution in [1.82, 2.24) is 5.32 Å². The van der Waals surface area contributed by atoms with E-state index in [1.807, 2.05) is 0 Å². The molecule has 18 heavy (non-hydrogen) atoms. The van der Waals surface area contributed by atoms with Gasteiger partial charge in [-0.25, -0.2) is 0 Å². The highest BCUT2D eigenvalue weighted by atomic mass is 14.9. The van der Waals surface area contributed by atoms with Crippen molar-refractivity contribution in [2.45, 2.75) is 39.5 Å². The van der Waals surface area contributed by atoms with Crippen LogP contribution < -0.4 is 10.6 Å². The van der Waals surface area contributed by atoms with Crippen LogP contribution in [0.4, 0.5) is 5.69 Å². The fourth-order valence-corrected chi connectivity index (χ4v) is 2.85. The fourth-order valence-electron chi connectivity index (χ4n) is 2.85. The highest BCUT2D eigenvalue weighted by Crippen LogP contribution is 2.22. The summed E-state index contributed by atoms with van der Waals surface area (Å²) >= 11 is 0. The number of nitrogens with one attached hydrogen (secondary N) is 2. The number of hydrogen-bond acceptors (Lipinski definition) is 2. The molecule has 0 saturated carbocycles. The number of anilines is 1. The number of benzene rings is 1. The molecule has 1 saturated heterocycles. The number of rotatable bonds is 5. The Hall–Kier alpha value is -1.02. The topological polar surface area (TPSA) is 24.1 Å². The highest BCUT2D eigenvalue weighted by molar-refractivity contribution is 5.57. The van der Waals surface area contributed by atoms with Crippen LogP contribution in [-0.2, 0) is 6.42 Å². The Morgan fingerprint density at radius 2 is 2.06 bits per heavy atom. The summed E-state index contributed by atoms with van der Waals surface area (Å²) in [4.78, 5) is 0. The van der Waals surface area contributed by atoms with Crippen molar-refractivity contribution in [3.8, 4) is 0 Å². The van der Waals surface area contributed by atoms with Gasteiger partial charge in [-0.2, -0.15) is 0 Å². The Labute approximate surface area is 111 Å². The second kappa shape index (κ2) is 6.79. The lowest BCUT2D eigenvalue weighted by atomic mass is 9.94. The van der Waals surface area contributed by atoms with Crippen LogP contribution in [0, 0.1) is 12.8 Å². The van der Waals surface area contributed by atoms with E-state index in [9.17, 15) is 0 Å². The van der Waals surface area contributed by atoms with Crippen LogP contribution >= 0.6 is 0 Å². The Bertz CT molecular complexity index is 367. The highest BCUT2D eigenvalue weighted by Gasteiger charge is 2.12. The average molecular weight is 246 g/mol. The smallest absolute Gasteiger partial charge is 0.0402 e. The minimum absolute atomic E-state index is 0.910. The van der Waals surface area contributed by atoms with Crippen molar-refractivity contribution in [3.63, 3.8) is 0 Å². The number of para-hydroxylation sites is 1. The van der Waals surface area contributed by atoms with E-state index in [0.717, 1.165) is 18.9 Å². The number of hydrogen-bond donors (Lipinski definition) is 2. The quantitative estimate of drug-likeness (QED) is 0.832. The molecule has 0 unspecified atom stereocenters. The number of piperidine rings is 1. The Balaban J connectivity index is 1.85. The second-order valence-electron chi connectivity index (χ2n) is 5.37. The van der Waals surface area contributed by atoms with E-state index < -0.39 is 0 Å². The summed E-state index contributed by atoms with van der Waals surface area (Å²) in [6.07, 6.45) is 5.10. The zero-order chi connectivity index (χ0) is 12.8. The molecule has 0 amide bonds. The van der Waals surface area contributed by atoms with Gasteiger partial charge in [0.15, 0.2) is 0 Å². The molecule has 2 rings (SSSR count). The first-order valence-electron chi connectivity index (χ1n) is 7.34. The van der Waals surface area contributed by atoms with Crippen LogP contribution in [0.15, 0.2) is 18.2 Å². The molecule has 2 heteroatoms. The monoisotopic (exact) mass is 246 g/mol. The van der Waals surface area contributed by atoms with Gasteiger partial charge >= 0.3 is 0 Å².